The minimum Gasteiger partial charge on any atom is -0.484 e. The molecule has 2 aliphatic heterocycles. The largest absolute Gasteiger partial charge is 0.484 e. The van der Waals surface area contributed by atoms with Gasteiger partial charge in [0, 0.05) is 38.6 Å². The first-order chi connectivity index (χ1) is 12.6. The Labute approximate surface area is 155 Å². The molecule has 0 bridgehead atoms. The van der Waals surface area contributed by atoms with Gasteiger partial charge in [-0.25, -0.2) is 0 Å². The fourth-order valence-electron chi connectivity index (χ4n) is 4.25. The number of hydrogen-bond donors (Lipinski definition) is 1. The molecule has 0 saturated carbocycles. The van der Waals surface area contributed by atoms with E-state index < -0.39 is 5.91 Å². The number of piperidine rings is 2. The second kappa shape index (κ2) is 8.54. The molecular weight excluding hydrogens is 330 g/mol. The summed E-state index contributed by atoms with van der Waals surface area (Å²) in [5, 5.41) is 0. The normalized spacial score (nSPS) is 23.6. The maximum atomic E-state index is 12.2. The number of ether oxygens (including phenoxy) is 1. The van der Waals surface area contributed by atoms with Crippen molar-refractivity contribution >= 4 is 11.8 Å². The zero-order valence-corrected chi connectivity index (χ0v) is 15.5. The smallest absolute Gasteiger partial charge is 0.255 e. The summed E-state index contributed by atoms with van der Waals surface area (Å²) in [6.07, 6.45) is 3.76. The zero-order chi connectivity index (χ0) is 18.5. The monoisotopic (exact) mass is 359 g/mol. The van der Waals surface area contributed by atoms with Gasteiger partial charge in [-0.05, 0) is 42.9 Å². The molecule has 0 radical (unpaired) electrons. The number of rotatable bonds is 7. The van der Waals surface area contributed by atoms with Gasteiger partial charge in [0.2, 0.25) is 5.91 Å². The van der Waals surface area contributed by atoms with Crippen molar-refractivity contribution in [2.75, 3.05) is 26.2 Å². The van der Waals surface area contributed by atoms with Gasteiger partial charge in [0.25, 0.3) is 5.91 Å². The quantitative estimate of drug-likeness (QED) is 0.805. The van der Waals surface area contributed by atoms with Crippen LogP contribution in [0.25, 0.3) is 0 Å². The molecule has 142 valence electrons. The summed E-state index contributed by atoms with van der Waals surface area (Å²) in [4.78, 5) is 27.7. The number of likely N-dealkylation sites (tertiary alicyclic amines) is 2. The maximum Gasteiger partial charge on any atom is 0.255 e. The predicted molar refractivity (Wildman–Crippen MR) is 99.5 cm³/mol. The summed E-state index contributed by atoms with van der Waals surface area (Å²) in [6, 6.07) is 8.26. The predicted octanol–water partition coefficient (Wildman–Crippen LogP) is 1.77. The molecule has 2 fully saturated rings. The van der Waals surface area contributed by atoms with Gasteiger partial charge in [0.1, 0.15) is 5.75 Å². The first-order valence-electron chi connectivity index (χ1n) is 9.58. The van der Waals surface area contributed by atoms with Crippen molar-refractivity contribution in [2.45, 2.75) is 45.2 Å². The molecule has 6 heteroatoms. The third-order valence-electron chi connectivity index (χ3n) is 5.38. The summed E-state index contributed by atoms with van der Waals surface area (Å²) in [5.74, 6) is 1.11. The molecule has 1 aromatic carbocycles. The highest BCUT2D eigenvalue weighted by atomic mass is 16.5. The molecule has 2 saturated heterocycles. The van der Waals surface area contributed by atoms with Crippen LogP contribution in [0, 0.1) is 5.92 Å². The van der Waals surface area contributed by atoms with E-state index in [9.17, 15) is 9.59 Å². The average molecular weight is 359 g/mol. The van der Waals surface area contributed by atoms with E-state index in [-0.39, 0.29) is 6.61 Å². The van der Waals surface area contributed by atoms with Crippen LogP contribution in [0.5, 0.6) is 5.75 Å². The Morgan fingerprint density at radius 3 is 2.96 bits per heavy atom. The lowest BCUT2D eigenvalue weighted by atomic mass is 9.83. The topological polar surface area (TPSA) is 75.9 Å². The van der Waals surface area contributed by atoms with E-state index in [0.29, 0.717) is 30.0 Å². The molecule has 0 unspecified atom stereocenters. The lowest BCUT2D eigenvalue weighted by molar-refractivity contribution is -0.141. The molecule has 2 amide bonds. The number of amides is 2. The summed E-state index contributed by atoms with van der Waals surface area (Å²) in [7, 11) is 0. The Kier molecular flexibility index (Phi) is 6.14. The lowest BCUT2D eigenvalue weighted by Crippen LogP contribution is -2.55. The van der Waals surface area contributed by atoms with E-state index in [1.54, 1.807) is 0 Å². The Morgan fingerprint density at radius 1 is 1.35 bits per heavy atom. The van der Waals surface area contributed by atoms with Crippen LogP contribution >= 0.6 is 0 Å². The van der Waals surface area contributed by atoms with Gasteiger partial charge >= 0.3 is 0 Å². The third kappa shape index (κ3) is 4.55. The van der Waals surface area contributed by atoms with Crippen LogP contribution < -0.4 is 10.5 Å². The first-order valence-corrected chi connectivity index (χ1v) is 9.58. The SMILES string of the molecule is CCCN1C(=O)CC[C@H]2CN(Cc3cccc(OCC(N)=O)c3)CC[C@H]21. The van der Waals surface area contributed by atoms with Crippen LogP contribution in [-0.2, 0) is 16.1 Å². The fourth-order valence-corrected chi connectivity index (χ4v) is 4.25. The number of benzene rings is 1. The molecule has 2 heterocycles. The highest BCUT2D eigenvalue weighted by Crippen LogP contribution is 2.32. The Balaban J connectivity index is 1.58. The molecule has 2 aliphatic rings. The van der Waals surface area contributed by atoms with Crippen molar-refractivity contribution in [2.24, 2.45) is 11.7 Å². The van der Waals surface area contributed by atoms with Gasteiger partial charge in [-0.1, -0.05) is 19.1 Å². The fraction of sp³-hybridized carbons (Fsp3) is 0.600. The van der Waals surface area contributed by atoms with Gasteiger partial charge in [-0.3, -0.25) is 14.5 Å². The second-order valence-corrected chi connectivity index (χ2v) is 7.38. The molecule has 0 aromatic heterocycles. The van der Waals surface area contributed by atoms with Gasteiger partial charge in [0.15, 0.2) is 6.61 Å². The van der Waals surface area contributed by atoms with Crippen LogP contribution in [0.2, 0.25) is 0 Å². The van der Waals surface area contributed by atoms with E-state index in [0.717, 1.165) is 45.4 Å². The summed E-state index contributed by atoms with van der Waals surface area (Å²) >= 11 is 0. The summed E-state index contributed by atoms with van der Waals surface area (Å²) in [6.45, 7) is 5.82. The van der Waals surface area contributed by atoms with E-state index in [2.05, 4.69) is 22.8 Å². The second-order valence-electron chi connectivity index (χ2n) is 7.38. The molecule has 2 N–H and O–H groups in total. The van der Waals surface area contributed by atoms with E-state index >= 15 is 0 Å². The van der Waals surface area contributed by atoms with Crippen molar-refractivity contribution in [3.8, 4) is 5.75 Å². The molecule has 1 aromatic rings. The van der Waals surface area contributed by atoms with Gasteiger partial charge in [0.05, 0.1) is 0 Å². The number of carbonyl (C=O) groups is 2. The first kappa shape index (κ1) is 18.7. The standard InChI is InChI=1S/C20H29N3O3/c1-2-9-23-18-8-10-22(13-16(18)6-7-20(23)25)12-15-4-3-5-17(11-15)26-14-19(21)24/h3-5,11,16,18H,2,6-10,12-14H2,1H3,(H2,21,24)/t16-,18+/m0/s1. The van der Waals surface area contributed by atoms with E-state index in [4.69, 9.17) is 10.5 Å². The maximum absolute atomic E-state index is 12.2. The molecule has 0 aliphatic carbocycles. The van der Waals surface area contributed by atoms with Crippen LogP contribution in [0.3, 0.4) is 0 Å². The van der Waals surface area contributed by atoms with E-state index in [1.165, 1.54) is 5.56 Å². The highest BCUT2D eigenvalue weighted by Gasteiger charge is 2.38. The average Bonchev–Trinajstić information content (AvgIpc) is 2.63. The number of fused-ring (bicyclic) bond motifs is 1. The summed E-state index contributed by atoms with van der Waals surface area (Å²) < 4.78 is 5.40. The molecule has 2 atom stereocenters. The molecule has 26 heavy (non-hydrogen) atoms. The van der Waals surface area contributed by atoms with Crippen molar-refractivity contribution in [1.29, 1.82) is 0 Å². The van der Waals surface area contributed by atoms with E-state index in [1.807, 2.05) is 18.2 Å². The van der Waals surface area contributed by atoms with Crippen LogP contribution in [0.15, 0.2) is 24.3 Å². The molecule has 6 nitrogen and oxygen atoms in total. The lowest BCUT2D eigenvalue weighted by Gasteiger charge is -2.47. The Hall–Kier alpha value is -2.08. The van der Waals surface area contributed by atoms with Crippen molar-refractivity contribution in [3.05, 3.63) is 29.8 Å². The number of hydrogen-bond acceptors (Lipinski definition) is 4. The van der Waals surface area contributed by atoms with Crippen molar-refractivity contribution < 1.29 is 14.3 Å². The van der Waals surface area contributed by atoms with Crippen LogP contribution in [-0.4, -0.2) is 53.9 Å². The minimum atomic E-state index is -0.471. The van der Waals surface area contributed by atoms with Crippen LogP contribution in [0.1, 0.15) is 38.2 Å². The van der Waals surface area contributed by atoms with Crippen LogP contribution in [0.4, 0.5) is 0 Å². The highest BCUT2D eigenvalue weighted by molar-refractivity contribution is 5.77. The summed E-state index contributed by atoms with van der Waals surface area (Å²) in [5.41, 5.74) is 6.30. The van der Waals surface area contributed by atoms with Gasteiger partial charge < -0.3 is 15.4 Å². The minimum absolute atomic E-state index is 0.0990. The number of carbonyl (C=O) groups excluding carboxylic acids is 2. The van der Waals surface area contributed by atoms with Crippen molar-refractivity contribution in [3.63, 3.8) is 0 Å². The molecule has 0 spiro atoms. The number of nitrogens with zero attached hydrogens (tertiary/aromatic N) is 2. The molecular formula is C20H29N3O3. The third-order valence-corrected chi connectivity index (χ3v) is 5.38. The Morgan fingerprint density at radius 2 is 2.19 bits per heavy atom. The number of nitrogens with two attached hydrogens (primary N) is 1. The van der Waals surface area contributed by atoms with Crippen molar-refractivity contribution in [1.82, 2.24) is 9.80 Å². The van der Waals surface area contributed by atoms with Gasteiger partial charge in [-0.2, -0.15) is 0 Å². The molecule has 3 rings (SSSR count). The Bertz CT molecular complexity index is 649. The van der Waals surface area contributed by atoms with Gasteiger partial charge in [-0.15, -0.1) is 0 Å². The number of primary amides is 1. The zero-order valence-electron chi connectivity index (χ0n) is 15.5.